The molecule has 0 aliphatic rings. The summed E-state index contributed by atoms with van der Waals surface area (Å²) in [6.45, 7) is 0. The molecule has 0 spiro atoms. The molecule has 6 heteroatoms. The highest BCUT2D eigenvalue weighted by Gasteiger charge is 2.18. The summed E-state index contributed by atoms with van der Waals surface area (Å²) in [5.74, 6) is -2.13. The summed E-state index contributed by atoms with van der Waals surface area (Å²) in [4.78, 5) is 12.2. The second-order valence-electron chi connectivity index (χ2n) is 5.71. The van der Waals surface area contributed by atoms with Crippen molar-refractivity contribution in [1.82, 2.24) is 0 Å². The number of ether oxygens (including phenoxy) is 1. The van der Waals surface area contributed by atoms with E-state index in [1.807, 2.05) is 6.07 Å². The van der Waals surface area contributed by atoms with Gasteiger partial charge in [0.25, 0.3) is 0 Å². The van der Waals surface area contributed by atoms with Gasteiger partial charge in [0.05, 0.1) is 16.7 Å². The molecule has 0 radical (unpaired) electrons. The highest BCUT2D eigenvalue weighted by molar-refractivity contribution is 6.33. The van der Waals surface area contributed by atoms with Crippen LogP contribution in [0.1, 0.15) is 21.5 Å². The maximum atomic E-state index is 13.9. The molecule has 3 rings (SSSR count). The molecule has 0 unspecified atom stereocenters. The van der Waals surface area contributed by atoms with Crippen molar-refractivity contribution in [2.24, 2.45) is 0 Å². The lowest BCUT2D eigenvalue weighted by atomic mass is 10.0. The molecule has 0 saturated carbocycles. The van der Waals surface area contributed by atoms with Gasteiger partial charge in [-0.1, -0.05) is 48.0 Å². The molecule has 0 bridgehead atoms. The normalized spacial score (nSPS) is 11.0. The number of nitrogens with zero attached hydrogens (tertiary/aromatic N) is 1. The largest absolute Gasteiger partial charge is 0.423 e. The number of hydrogen-bond donors (Lipinski definition) is 0. The van der Waals surface area contributed by atoms with E-state index in [4.69, 9.17) is 16.3 Å². The van der Waals surface area contributed by atoms with Gasteiger partial charge in [-0.05, 0) is 42.0 Å². The lowest BCUT2D eigenvalue weighted by Gasteiger charge is -2.08. The monoisotopic (exact) mass is 395 g/mol. The van der Waals surface area contributed by atoms with Crippen LogP contribution >= 0.6 is 11.6 Å². The predicted molar refractivity (Wildman–Crippen MR) is 103 cm³/mol. The predicted octanol–water partition coefficient (Wildman–Crippen LogP) is 5.90. The number of halogens is 3. The van der Waals surface area contributed by atoms with Crippen molar-refractivity contribution < 1.29 is 18.3 Å². The Kier molecular flexibility index (Phi) is 5.83. The summed E-state index contributed by atoms with van der Waals surface area (Å²) < 4.78 is 33.0. The minimum Gasteiger partial charge on any atom is -0.423 e. The van der Waals surface area contributed by atoms with Crippen LogP contribution in [0.15, 0.2) is 66.7 Å². The smallest absolute Gasteiger partial charge is 0.348 e. The highest BCUT2D eigenvalue weighted by atomic mass is 35.5. The fourth-order valence-electron chi connectivity index (χ4n) is 2.54. The third-order valence-electron chi connectivity index (χ3n) is 3.83. The Balaban J connectivity index is 1.89. The van der Waals surface area contributed by atoms with Crippen molar-refractivity contribution in [3.8, 4) is 11.8 Å². The highest BCUT2D eigenvalue weighted by Crippen LogP contribution is 2.24. The van der Waals surface area contributed by atoms with Gasteiger partial charge in [0, 0.05) is 5.56 Å². The van der Waals surface area contributed by atoms with E-state index < -0.39 is 17.6 Å². The van der Waals surface area contributed by atoms with Crippen LogP contribution in [-0.2, 0) is 0 Å². The van der Waals surface area contributed by atoms with Gasteiger partial charge in [-0.3, -0.25) is 0 Å². The van der Waals surface area contributed by atoms with Gasteiger partial charge in [0.1, 0.15) is 22.9 Å². The first-order valence-electron chi connectivity index (χ1n) is 8.12. The number of carbonyl (C=O) groups excluding carboxylic acids is 1. The molecule has 0 aliphatic heterocycles. The van der Waals surface area contributed by atoms with Crippen LogP contribution in [0.2, 0.25) is 5.02 Å². The van der Waals surface area contributed by atoms with E-state index in [-0.39, 0.29) is 27.5 Å². The molecule has 0 atom stereocenters. The number of esters is 1. The van der Waals surface area contributed by atoms with Crippen LogP contribution in [0.25, 0.3) is 11.6 Å². The lowest BCUT2D eigenvalue weighted by Crippen LogP contribution is -2.11. The summed E-state index contributed by atoms with van der Waals surface area (Å²) in [7, 11) is 0. The Hall–Kier alpha value is -3.49. The summed E-state index contributed by atoms with van der Waals surface area (Å²) in [6.07, 6.45) is 1.46. The first-order chi connectivity index (χ1) is 13.5. The Bertz CT molecular complexity index is 1100. The van der Waals surface area contributed by atoms with Gasteiger partial charge >= 0.3 is 5.97 Å². The minimum atomic E-state index is -0.946. The van der Waals surface area contributed by atoms with Crippen LogP contribution < -0.4 is 4.74 Å². The SMILES string of the molecule is N#C/C(=C/c1cccc(OC(=O)c2c(F)cccc2Cl)c1)c1ccccc1F. The fraction of sp³-hybridized carbons (Fsp3) is 0. The van der Waals surface area contributed by atoms with Crippen LogP contribution in [-0.4, -0.2) is 5.97 Å². The standard InChI is InChI=1S/C22H12ClF2NO2/c23-18-8-4-10-20(25)21(18)22(27)28-16-6-3-5-14(12-16)11-15(13-26)17-7-1-2-9-19(17)24/h1-12H/b15-11-. The summed E-state index contributed by atoms with van der Waals surface area (Å²) in [5, 5.41) is 9.30. The molecular formula is C22H12ClF2NO2. The van der Waals surface area contributed by atoms with Crippen molar-refractivity contribution >= 4 is 29.2 Å². The Labute approximate surface area is 165 Å². The van der Waals surface area contributed by atoms with Gasteiger partial charge < -0.3 is 4.74 Å². The average Bonchev–Trinajstić information content (AvgIpc) is 2.67. The number of carbonyl (C=O) groups is 1. The number of nitriles is 1. The van der Waals surface area contributed by atoms with Gasteiger partial charge in [0.2, 0.25) is 0 Å². The second kappa shape index (κ2) is 8.47. The topological polar surface area (TPSA) is 50.1 Å². The van der Waals surface area contributed by atoms with Crippen LogP contribution in [0.3, 0.4) is 0 Å². The van der Waals surface area contributed by atoms with Crippen molar-refractivity contribution in [3.05, 3.63) is 100 Å². The van der Waals surface area contributed by atoms with E-state index >= 15 is 0 Å². The molecule has 0 N–H and O–H groups in total. The number of hydrogen-bond acceptors (Lipinski definition) is 3. The van der Waals surface area contributed by atoms with Gasteiger partial charge in [0.15, 0.2) is 0 Å². The van der Waals surface area contributed by atoms with Crippen molar-refractivity contribution in [3.63, 3.8) is 0 Å². The van der Waals surface area contributed by atoms with Crippen LogP contribution in [0.4, 0.5) is 8.78 Å². The second-order valence-corrected chi connectivity index (χ2v) is 6.12. The molecule has 3 aromatic carbocycles. The van der Waals surface area contributed by atoms with Crippen molar-refractivity contribution in [2.75, 3.05) is 0 Å². The third-order valence-corrected chi connectivity index (χ3v) is 4.15. The summed E-state index contributed by atoms with van der Waals surface area (Å²) in [5.41, 5.74) is 0.406. The van der Waals surface area contributed by atoms with Gasteiger partial charge in [-0.2, -0.15) is 5.26 Å². The summed E-state index contributed by atoms with van der Waals surface area (Å²) in [6, 6.07) is 18.0. The van der Waals surface area contributed by atoms with Crippen molar-refractivity contribution in [1.29, 1.82) is 5.26 Å². The van der Waals surface area contributed by atoms with E-state index in [0.29, 0.717) is 5.56 Å². The van der Waals surface area contributed by atoms with E-state index in [0.717, 1.165) is 6.07 Å². The van der Waals surface area contributed by atoms with Gasteiger partial charge in [-0.15, -0.1) is 0 Å². The zero-order valence-electron chi connectivity index (χ0n) is 14.3. The third kappa shape index (κ3) is 4.25. The maximum absolute atomic E-state index is 13.9. The average molecular weight is 396 g/mol. The van der Waals surface area contributed by atoms with Crippen LogP contribution in [0, 0.1) is 23.0 Å². The minimum absolute atomic E-state index is 0.0626. The zero-order chi connectivity index (χ0) is 20.1. The van der Waals surface area contributed by atoms with Gasteiger partial charge in [-0.25, -0.2) is 13.6 Å². The molecule has 28 heavy (non-hydrogen) atoms. The molecule has 0 saturated heterocycles. The maximum Gasteiger partial charge on any atom is 0.348 e. The number of benzene rings is 3. The quantitative estimate of drug-likeness (QED) is 0.239. The van der Waals surface area contributed by atoms with Crippen LogP contribution in [0.5, 0.6) is 5.75 Å². The van der Waals surface area contributed by atoms with E-state index in [1.165, 1.54) is 48.5 Å². The van der Waals surface area contributed by atoms with E-state index in [2.05, 4.69) is 0 Å². The number of allylic oxidation sites excluding steroid dienone is 1. The molecule has 0 amide bonds. The molecule has 138 valence electrons. The van der Waals surface area contributed by atoms with E-state index in [9.17, 15) is 18.8 Å². The molecule has 0 fully saturated rings. The molecule has 3 nitrogen and oxygen atoms in total. The lowest BCUT2D eigenvalue weighted by molar-refractivity contribution is 0.0730. The molecule has 0 aliphatic carbocycles. The van der Waals surface area contributed by atoms with Crippen molar-refractivity contribution in [2.45, 2.75) is 0 Å². The molecular weight excluding hydrogens is 384 g/mol. The Morgan fingerprint density at radius 1 is 1.00 bits per heavy atom. The number of rotatable bonds is 4. The molecule has 0 heterocycles. The molecule has 0 aromatic heterocycles. The first kappa shape index (κ1) is 19.3. The first-order valence-corrected chi connectivity index (χ1v) is 8.50. The van der Waals surface area contributed by atoms with E-state index in [1.54, 1.807) is 18.2 Å². The Morgan fingerprint density at radius 2 is 1.71 bits per heavy atom. The Morgan fingerprint density at radius 3 is 2.43 bits per heavy atom. The molecule has 3 aromatic rings. The fourth-order valence-corrected chi connectivity index (χ4v) is 2.78. The summed E-state index contributed by atoms with van der Waals surface area (Å²) >= 11 is 5.87. The zero-order valence-corrected chi connectivity index (χ0v) is 15.1.